The van der Waals surface area contributed by atoms with Crippen LogP contribution < -0.4 is 21.7 Å². The number of urea groups is 1. The first-order valence-corrected chi connectivity index (χ1v) is 17.2. The molecule has 0 radical (unpaired) electrons. The van der Waals surface area contributed by atoms with Crippen LogP contribution >= 0.6 is 0 Å². The van der Waals surface area contributed by atoms with E-state index in [1.807, 2.05) is 27.7 Å². The molecule has 12 nitrogen and oxygen atoms in total. The summed E-state index contributed by atoms with van der Waals surface area (Å²) in [4.78, 5) is 77.9. The molecule has 2 saturated carbocycles. The van der Waals surface area contributed by atoms with Crippen molar-refractivity contribution in [2.45, 2.75) is 132 Å². The first-order valence-electron chi connectivity index (χ1n) is 17.2. The van der Waals surface area contributed by atoms with Crippen LogP contribution in [-0.4, -0.2) is 78.2 Å². The number of hydrogen-bond donors (Lipinski definition) is 4. The van der Waals surface area contributed by atoms with Crippen LogP contribution in [0.1, 0.15) is 114 Å². The molecule has 1 saturated heterocycles. The average Bonchev–Trinajstić information content (AvgIpc) is 3.69. The number of esters is 1. The second kappa shape index (κ2) is 19.5. The lowest BCUT2D eigenvalue weighted by molar-refractivity contribution is -0.143. The molecule has 0 aromatic carbocycles. The van der Waals surface area contributed by atoms with Crippen molar-refractivity contribution in [1.29, 1.82) is 0 Å². The summed E-state index contributed by atoms with van der Waals surface area (Å²) in [7, 11) is 0. The fourth-order valence-electron chi connectivity index (χ4n) is 5.27. The molecule has 264 valence electrons. The summed E-state index contributed by atoms with van der Waals surface area (Å²) in [6, 6.07) is -3.63. The highest BCUT2D eigenvalue weighted by Crippen LogP contribution is 2.33. The largest absolute Gasteiger partial charge is 0.464 e. The van der Waals surface area contributed by atoms with Crippen molar-refractivity contribution in [3.63, 3.8) is 0 Å². The minimum absolute atomic E-state index is 0.0160. The van der Waals surface area contributed by atoms with Crippen molar-refractivity contribution in [3.8, 4) is 0 Å². The lowest BCUT2D eigenvalue weighted by Crippen LogP contribution is -2.60. The number of likely N-dealkylation sites (tertiary alicyclic amines) is 1. The van der Waals surface area contributed by atoms with Gasteiger partial charge in [-0.2, -0.15) is 0 Å². The molecule has 2 aliphatic carbocycles. The first kappa shape index (κ1) is 40.8. The number of nitrogens with two attached hydrogens (primary N) is 1. The van der Waals surface area contributed by atoms with Gasteiger partial charge in [-0.1, -0.05) is 88.0 Å². The Kier molecular flexibility index (Phi) is 17.3. The lowest BCUT2D eigenvalue weighted by Gasteiger charge is -2.36. The molecular weight excluding hydrogens is 590 g/mol. The fourth-order valence-corrected chi connectivity index (χ4v) is 5.27. The van der Waals surface area contributed by atoms with Gasteiger partial charge in [0.2, 0.25) is 17.6 Å². The molecule has 5 N–H and O–H groups in total. The second-order valence-corrected chi connectivity index (χ2v) is 14.0. The Bertz CT molecular complexity index is 1030. The molecule has 0 aromatic rings. The Hall–Kier alpha value is -3.18. The fraction of sp³-hybridized carbons (Fsp3) is 0.824. The zero-order valence-electron chi connectivity index (χ0n) is 29.7. The van der Waals surface area contributed by atoms with Gasteiger partial charge in [0.05, 0.1) is 12.6 Å². The van der Waals surface area contributed by atoms with E-state index in [4.69, 9.17) is 10.5 Å². The van der Waals surface area contributed by atoms with Crippen LogP contribution in [0.3, 0.4) is 0 Å². The van der Waals surface area contributed by atoms with Gasteiger partial charge < -0.3 is 31.3 Å². The van der Waals surface area contributed by atoms with E-state index in [9.17, 15) is 28.8 Å². The number of nitrogens with one attached hydrogen (secondary N) is 3. The number of rotatable bonds is 13. The van der Waals surface area contributed by atoms with E-state index < -0.39 is 59.0 Å². The average molecular weight is 652 g/mol. The Balaban J connectivity index is 0.00000199. The number of ether oxygens (including phenoxy) is 1. The summed E-state index contributed by atoms with van der Waals surface area (Å²) in [5.41, 5.74) is 4.54. The summed E-state index contributed by atoms with van der Waals surface area (Å²) in [5, 5.41) is 7.87. The van der Waals surface area contributed by atoms with E-state index in [1.54, 1.807) is 20.8 Å². The van der Waals surface area contributed by atoms with Crippen LogP contribution in [0, 0.1) is 29.1 Å². The second-order valence-electron chi connectivity index (χ2n) is 14.0. The summed E-state index contributed by atoms with van der Waals surface area (Å²) in [5.74, 6) is -2.64. The molecule has 3 aliphatic rings. The SMILES string of the molecule is CC.CC(C)C1CC(C(=O)NC(CC2CCC2)C(=O)C(N)=O)N(C(=O)C(NC(=O)NCC(=O)OCC2CC2)C(C)(C)C)C1.CCC. The molecule has 3 fully saturated rings. The molecule has 12 heteroatoms. The van der Waals surface area contributed by atoms with Crippen LogP contribution in [0.25, 0.3) is 0 Å². The predicted octanol–water partition coefficient (Wildman–Crippen LogP) is 3.70. The minimum Gasteiger partial charge on any atom is -0.464 e. The number of amides is 5. The van der Waals surface area contributed by atoms with Crippen LogP contribution in [0.2, 0.25) is 0 Å². The number of Topliss-reactive ketones (excluding diaryl/α,β-unsaturated/α-hetero) is 1. The maximum absolute atomic E-state index is 14.0. The smallest absolute Gasteiger partial charge is 0.325 e. The highest BCUT2D eigenvalue weighted by Gasteiger charge is 2.46. The van der Waals surface area contributed by atoms with Crippen molar-refractivity contribution in [1.82, 2.24) is 20.9 Å². The standard InChI is InChI=1S/C29H47N5O7.C3H8.C2H6/c1-16(2)19-12-21(26(38)32-20(23(36)25(30)37)11-17-7-6-8-17)34(14-19)27(39)24(29(3,4)5)33-28(40)31-13-22(35)41-15-18-9-10-18;1-3-2;1-2/h16-21,24H,6-15H2,1-5H3,(H2,30,37)(H,32,38)(H2,31,33,40);3H2,1-2H3;1-2H3. The van der Waals surface area contributed by atoms with Crippen LogP contribution in [0.4, 0.5) is 4.79 Å². The number of nitrogens with zero attached hydrogens (tertiary/aromatic N) is 1. The number of ketones is 1. The van der Waals surface area contributed by atoms with Gasteiger partial charge in [0, 0.05) is 6.54 Å². The Labute approximate surface area is 276 Å². The number of carbonyl (C=O) groups excluding carboxylic acids is 6. The summed E-state index contributed by atoms with van der Waals surface area (Å²) < 4.78 is 5.14. The summed E-state index contributed by atoms with van der Waals surface area (Å²) in [6.45, 7) is 18.0. The van der Waals surface area contributed by atoms with Gasteiger partial charge in [-0.25, -0.2) is 4.79 Å². The highest BCUT2D eigenvalue weighted by atomic mass is 16.5. The monoisotopic (exact) mass is 651 g/mol. The van der Waals surface area contributed by atoms with Crippen LogP contribution in [-0.2, 0) is 28.7 Å². The van der Waals surface area contributed by atoms with Crippen LogP contribution in [0.15, 0.2) is 0 Å². The highest BCUT2D eigenvalue weighted by molar-refractivity contribution is 6.37. The number of primary amides is 1. The van der Waals surface area contributed by atoms with Gasteiger partial charge in [-0.15, -0.1) is 0 Å². The maximum Gasteiger partial charge on any atom is 0.325 e. The molecule has 3 rings (SSSR count). The molecule has 1 aliphatic heterocycles. The van der Waals surface area contributed by atoms with Crippen molar-refractivity contribution >= 4 is 35.5 Å². The third kappa shape index (κ3) is 13.3. The van der Waals surface area contributed by atoms with E-state index in [-0.39, 0.29) is 24.3 Å². The molecular formula is C34H61N5O7. The molecule has 0 spiro atoms. The predicted molar refractivity (Wildman–Crippen MR) is 177 cm³/mol. The van der Waals surface area contributed by atoms with Gasteiger partial charge in [-0.3, -0.25) is 24.0 Å². The third-order valence-electron chi connectivity index (χ3n) is 8.49. The number of carbonyl (C=O) groups is 6. The van der Waals surface area contributed by atoms with Gasteiger partial charge in [0.1, 0.15) is 18.6 Å². The van der Waals surface area contributed by atoms with Gasteiger partial charge in [-0.05, 0) is 54.8 Å². The number of hydrogen-bond acceptors (Lipinski definition) is 7. The maximum atomic E-state index is 14.0. The van der Waals surface area contributed by atoms with E-state index >= 15 is 0 Å². The zero-order valence-corrected chi connectivity index (χ0v) is 29.7. The van der Waals surface area contributed by atoms with Gasteiger partial charge in [0.25, 0.3) is 5.91 Å². The molecule has 1 heterocycles. The summed E-state index contributed by atoms with van der Waals surface area (Å²) in [6.07, 6.45) is 6.90. The Morgan fingerprint density at radius 3 is 1.98 bits per heavy atom. The van der Waals surface area contributed by atoms with Crippen molar-refractivity contribution in [2.24, 2.45) is 34.8 Å². The lowest BCUT2D eigenvalue weighted by atomic mass is 9.80. The third-order valence-corrected chi connectivity index (χ3v) is 8.49. The quantitative estimate of drug-likeness (QED) is 0.173. The topological polar surface area (TPSA) is 177 Å². The minimum atomic E-state index is -1.10. The van der Waals surface area contributed by atoms with Crippen molar-refractivity contribution in [3.05, 3.63) is 0 Å². The Morgan fingerprint density at radius 2 is 1.52 bits per heavy atom. The first-order chi connectivity index (χ1) is 21.6. The van der Waals surface area contributed by atoms with E-state index in [0.717, 1.165) is 32.1 Å². The van der Waals surface area contributed by atoms with Gasteiger partial charge >= 0.3 is 12.0 Å². The molecule has 0 bridgehead atoms. The summed E-state index contributed by atoms with van der Waals surface area (Å²) >= 11 is 0. The molecule has 0 aromatic heterocycles. The molecule has 4 unspecified atom stereocenters. The van der Waals surface area contributed by atoms with Crippen molar-refractivity contribution in [2.75, 3.05) is 19.7 Å². The molecule has 4 atom stereocenters. The van der Waals surface area contributed by atoms with Crippen LogP contribution in [0.5, 0.6) is 0 Å². The Morgan fingerprint density at radius 1 is 0.935 bits per heavy atom. The van der Waals surface area contributed by atoms with Crippen molar-refractivity contribution < 1.29 is 33.5 Å². The molecule has 5 amide bonds. The van der Waals surface area contributed by atoms with E-state index in [2.05, 4.69) is 29.8 Å². The van der Waals surface area contributed by atoms with E-state index in [1.165, 1.54) is 11.3 Å². The van der Waals surface area contributed by atoms with E-state index in [0.29, 0.717) is 31.9 Å². The molecule has 46 heavy (non-hydrogen) atoms. The normalized spacial score (nSPS) is 20.4. The van der Waals surface area contributed by atoms with Gasteiger partial charge in [0.15, 0.2) is 0 Å². The zero-order chi connectivity index (χ0) is 35.2.